The Bertz CT molecular complexity index is 555. The largest absolute Gasteiger partial charge is 0.336 e. The molecule has 18 heavy (non-hydrogen) atoms. The van der Waals surface area contributed by atoms with E-state index in [0.29, 0.717) is 17.3 Å². The average molecular weight is 288 g/mol. The van der Waals surface area contributed by atoms with E-state index >= 15 is 0 Å². The zero-order valence-electron chi connectivity index (χ0n) is 8.92. The Morgan fingerprint density at radius 3 is 2.33 bits per heavy atom. The van der Waals surface area contributed by atoms with Crippen molar-refractivity contribution >= 4 is 40.5 Å². The standard InChI is InChI=1S/C10H8Cl2FN5/c11-6-1-5(13)2-7(12)10(6)17-8-3-15-4-9(16-8)18-14/h1-4H,14H2,(H2,16,17,18). The lowest BCUT2D eigenvalue weighted by atomic mass is 10.3. The number of hydrogen-bond donors (Lipinski definition) is 3. The van der Waals surface area contributed by atoms with Gasteiger partial charge in [0.25, 0.3) is 0 Å². The van der Waals surface area contributed by atoms with Crippen molar-refractivity contribution in [2.75, 3.05) is 10.7 Å². The lowest BCUT2D eigenvalue weighted by Crippen LogP contribution is -2.09. The van der Waals surface area contributed by atoms with Gasteiger partial charge in [-0.05, 0) is 12.1 Å². The molecule has 5 nitrogen and oxygen atoms in total. The highest BCUT2D eigenvalue weighted by Gasteiger charge is 2.09. The normalized spacial score (nSPS) is 10.2. The summed E-state index contributed by atoms with van der Waals surface area (Å²) in [6.45, 7) is 0. The van der Waals surface area contributed by atoms with Gasteiger partial charge in [0.2, 0.25) is 0 Å². The highest BCUT2D eigenvalue weighted by atomic mass is 35.5. The highest BCUT2D eigenvalue weighted by Crippen LogP contribution is 2.33. The van der Waals surface area contributed by atoms with Gasteiger partial charge in [-0.2, -0.15) is 0 Å². The minimum Gasteiger partial charge on any atom is -0.336 e. The SMILES string of the molecule is NNc1cncc(Nc2c(Cl)cc(F)cc2Cl)n1. The van der Waals surface area contributed by atoms with Crippen molar-refractivity contribution in [1.82, 2.24) is 9.97 Å². The van der Waals surface area contributed by atoms with Gasteiger partial charge in [0.15, 0.2) is 11.6 Å². The Hall–Kier alpha value is -1.63. The smallest absolute Gasteiger partial charge is 0.160 e. The minimum absolute atomic E-state index is 0.146. The molecule has 94 valence electrons. The van der Waals surface area contributed by atoms with Crippen molar-refractivity contribution in [2.24, 2.45) is 5.84 Å². The summed E-state index contributed by atoms with van der Waals surface area (Å²) >= 11 is 11.8. The number of nitrogens with zero attached hydrogens (tertiary/aromatic N) is 2. The van der Waals surface area contributed by atoms with Gasteiger partial charge in [-0.3, -0.25) is 4.98 Å². The third kappa shape index (κ3) is 2.79. The van der Waals surface area contributed by atoms with Crippen LogP contribution in [0, 0.1) is 5.82 Å². The van der Waals surface area contributed by atoms with Crippen LogP contribution in [-0.2, 0) is 0 Å². The number of nitrogens with one attached hydrogen (secondary N) is 2. The van der Waals surface area contributed by atoms with Crippen LogP contribution in [0.5, 0.6) is 0 Å². The molecule has 0 aliphatic carbocycles. The van der Waals surface area contributed by atoms with Crippen LogP contribution in [0.1, 0.15) is 0 Å². The molecule has 2 rings (SSSR count). The first kappa shape index (κ1) is 12.8. The monoisotopic (exact) mass is 287 g/mol. The molecule has 0 fully saturated rings. The highest BCUT2D eigenvalue weighted by molar-refractivity contribution is 6.39. The number of halogens is 3. The maximum absolute atomic E-state index is 13.0. The summed E-state index contributed by atoms with van der Waals surface area (Å²) in [5.74, 6) is 5.44. The van der Waals surface area contributed by atoms with E-state index < -0.39 is 5.82 Å². The maximum atomic E-state index is 13.0. The number of anilines is 3. The van der Waals surface area contributed by atoms with E-state index in [4.69, 9.17) is 29.0 Å². The minimum atomic E-state index is -0.515. The van der Waals surface area contributed by atoms with E-state index in [9.17, 15) is 4.39 Å². The Kier molecular flexibility index (Phi) is 3.81. The summed E-state index contributed by atoms with van der Waals surface area (Å²) in [6, 6.07) is 2.29. The number of nitrogens with two attached hydrogens (primary N) is 1. The van der Waals surface area contributed by atoms with E-state index in [1.165, 1.54) is 12.4 Å². The molecule has 0 aliphatic heterocycles. The van der Waals surface area contributed by atoms with Crippen molar-refractivity contribution < 1.29 is 4.39 Å². The van der Waals surface area contributed by atoms with Crippen LogP contribution in [-0.4, -0.2) is 9.97 Å². The topological polar surface area (TPSA) is 75.9 Å². The summed E-state index contributed by atoms with van der Waals surface area (Å²) in [4.78, 5) is 7.97. The molecular weight excluding hydrogens is 280 g/mol. The van der Waals surface area contributed by atoms with E-state index in [1.807, 2.05) is 0 Å². The molecule has 0 aliphatic rings. The molecule has 0 radical (unpaired) electrons. The Balaban J connectivity index is 2.33. The van der Waals surface area contributed by atoms with Crippen LogP contribution in [0.2, 0.25) is 10.0 Å². The Morgan fingerprint density at radius 1 is 1.11 bits per heavy atom. The molecule has 1 aromatic carbocycles. The van der Waals surface area contributed by atoms with E-state index in [-0.39, 0.29) is 10.0 Å². The molecule has 0 atom stereocenters. The third-order valence-electron chi connectivity index (χ3n) is 2.04. The predicted octanol–water partition coefficient (Wildman–Crippen LogP) is 2.95. The van der Waals surface area contributed by atoms with Gasteiger partial charge in [-0.15, -0.1) is 0 Å². The zero-order chi connectivity index (χ0) is 13.1. The van der Waals surface area contributed by atoms with Gasteiger partial charge in [0.1, 0.15) is 5.82 Å². The number of aromatic nitrogens is 2. The first-order valence-electron chi connectivity index (χ1n) is 4.80. The molecule has 2 aromatic rings. The number of hydrogen-bond acceptors (Lipinski definition) is 5. The van der Waals surface area contributed by atoms with E-state index in [0.717, 1.165) is 12.1 Å². The molecule has 0 unspecified atom stereocenters. The first-order valence-corrected chi connectivity index (χ1v) is 5.56. The third-order valence-corrected chi connectivity index (χ3v) is 2.64. The molecule has 4 N–H and O–H groups in total. The average Bonchev–Trinajstić information content (AvgIpc) is 2.34. The van der Waals surface area contributed by atoms with Gasteiger partial charge in [0, 0.05) is 0 Å². The van der Waals surface area contributed by atoms with Crippen LogP contribution in [0.4, 0.5) is 21.7 Å². The van der Waals surface area contributed by atoms with Gasteiger partial charge in [-0.25, -0.2) is 15.2 Å². The van der Waals surface area contributed by atoms with E-state index in [1.54, 1.807) is 0 Å². The van der Waals surface area contributed by atoms with Gasteiger partial charge < -0.3 is 10.7 Å². The van der Waals surface area contributed by atoms with Crippen molar-refractivity contribution in [3.05, 3.63) is 40.4 Å². The van der Waals surface area contributed by atoms with Crippen LogP contribution >= 0.6 is 23.2 Å². The second-order valence-electron chi connectivity index (χ2n) is 3.30. The van der Waals surface area contributed by atoms with Crippen molar-refractivity contribution in [3.63, 3.8) is 0 Å². The molecule has 0 saturated heterocycles. The van der Waals surface area contributed by atoms with Crippen molar-refractivity contribution in [3.8, 4) is 0 Å². The summed E-state index contributed by atoms with van der Waals surface area (Å²) in [6.07, 6.45) is 2.90. The van der Waals surface area contributed by atoms with E-state index in [2.05, 4.69) is 20.7 Å². The number of hydrazine groups is 1. The van der Waals surface area contributed by atoms with Gasteiger partial charge >= 0.3 is 0 Å². The van der Waals surface area contributed by atoms with Crippen LogP contribution in [0.3, 0.4) is 0 Å². The fourth-order valence-corrected chi connectivity index (χ4v) is 1.84. The van der Waals surface area contributed by atoms with Gasteiger partial charge in [-0.1, -0.05) is 23.2 Å². The zero-order valence-corrected chi connectivity index (χ0v) is 10.4. The molecular formula is C10H8Cl2FN5. The second-order valence-corrected chi connectivity index (χ2v) is 4.12. The van der Waals surface area contributed by atoms with Gasteiger partial charge in [0.05, 0.1) is 28.1 Å². The second kappa shape index (κ2) is 5.34. The Morgan fingerprint density at radius 2 is 1.72 bits per heavy atom. The number of nitrogen functional groups attached to an aromatic ring is 1. The number of benzene rings is 1. The molecule has 0 spiro atoms. The van der Waals surface area contributed by atoms with Crippen LogP contribution < -0.4 is 16.6 Å². The molecule has 1 aromatic heterocycles. The molecule has 1 heterocycles. The summed E-state index contributed by atoms with van der Waals surface area (Å²) < 4.78 is 13.0. The van der Waals surface area contributed by atoms with Crippen LogP contribution in [0.15, 0.2) is 24.5 Å². The molecule has 0 saturated carbocycles. The fourth-order valence-electron chi connectivity index (χ4n) is 1.29. The first-order chi connectivity index (χ1) is 8.60. The number of rotatable bonds is 3. The summed E-state index contributed by atoms with van der Waals surface area (Å²) in [5, 5.41) is 3.14. The summed E-state index contributed by atoms with van der Waals surface area (Å²) in [5.41, 5.74) is 2.70. The molecule has 0 bridgehead atoms. The molecule has 8 heteroatoms. The molecule has 0 amide bonds. The van der Waals surface area contributed by atoms with Crippen molar-refractivity contribution in [1.29, 1.82) is 0 Å². The quantitative estimate of drug-likeness (QED) is 0.598. The predicted molar refractivity (Wildman–Crippen MR) is 69.5 cm³/mol. The fraction of sp³-hybridized carbons (Fsp3) is 0. The summed E-state index contributed by atoms with van der Waals surface area (Å²) in [7, 11) is 0. The Labute approximate surface area is 112 Å². The lowest BCUT2D eigenvalue weighted by molar-refractivity contribution is 0.628. The lowest BCUT2D eigenvalue weighted by Gasteiger charge is -2.10. The van der Waals surface area contributed by atoms with Crippen LogP contribution in [0.25, 0.3) is 0 Å². The maximum Gasteiger partial charge on any atom is 0.160 e. The van der Waals surface area contributed by atoms with Crippen molar-refractivity contribution in [2.45, 2.75) is 0 Å².